The van der Waals surface area contributed by atoms with Crippen molar-refractivity contribution in [3.8, 4) is 6.07 Å². The van der Waals surface area contributed by atoms with Crippen LogP contribution in [-0.4, -0.2) is 18.1 Å². The Balaban J connectivity index is 2.97. The van der Waals surface area contributed by atoms with Gasteiger partial charge in [0.25, 0.3) is 0 Å². The van der Waals surface area contributed by atoms with E-state index in [1.165, 1.54) is 0 Å². The number of nitrogens with two attached hydrogens (primary N) is 1. The Bertz CT molecular complexity index is 381. The van der Waals surface area contributed by atoms with Gasteiger partial charge in [-0.25, -0.2) is 4.98 Å². The zero-order valence-corrected chi connectivity index (χ0v) is 9.90. The molecule has 0 unspecified atom stereocenters. The SMILES string of the molecule is CCCCN(CC)c1nccc(C#N)c1N. The van der Waals surface area contributed by atoms with Gasteiger partial charge in [0.15, 0.2) is 5.82 Å². The molecule has 4 heteroatoms. The molecular formula is C12H18N4. The lowest BCUT2D eigenvalue weighted by Gasteiger charge is -2.23. The minimum atomic E-state index is 0.489. The van der Waals surface area contributed by atoms with Crippen molar-refractivity contribution < 1.29 is 0 Å². The van der Waals surface area contributed by atoms with Crippen molar-refractivity contribution in [1.82, 2.24) is 4.98 Å². The molecule has 0 radical (unpaired) electrons. The Morgan fingerprint density at radius 2 is 2.25 bits per heavy atom. The maximum Gasteiger partial charge on any atom is 0.153 e. The minimum absolute atomic E-state index is 0.489. The summed E-state index contributed by atoms with van der Waals surface area (Å²) in [6.45, 7) is 6.00. The van der Waals surface area contributed by atoms with Crippen molar-refractivity contribution in [1.29, 1.82) is 5.26 Å². The average Bonchev–Trinajstić information content (AvgIpc) is 2.32. The molecule has 4 nitrogen and oxygen atoms in total. The van der Waals surface area contributed by atoms with Crippen LogP contribution >= 0.6 is 0 Å². The third-order valence-electron chi connectivity index (χ3n) is 2.55. The van der Waals surface area contributed by atoms with Crippen LogP contribution in [0.25, 0.3) is 0 Å². The first kappa shape index (κ1) is 12.3. The maximum absolute atomic E-state index is 8.90. The quantitative estimate of drug-likeness (QED) is 0.822. The van der Waals surface area contributed by atoms with Gasteiger partial charge >= 0.3 is 0 Å². The summed E-state index contributed by atoms with van der Waals surface area (Å²) >= 11 is 0. The average molecular weight is 218 g/mol. The first-order valence-electron chi connectivity index (χ1n) is 5.64. The third-order valence-corrected chi connectivity index (χ3v) is 2.55. The number of unbranched alkanes of at least 4 members (excludes halogenated alkanes) is 1. The monoisotopic (exact) mass is 218 g/mol. The standard InChI is InChI=1S/C12H18N4/c1-3-5-8-16(4-2)12-11(14)10(9-13)6-7-15-12/h6-7H,3-5,8,14H2,1-2H3. The van der Waals surface area contributed by atoms with Crippen LogP contribution in [0, 0.1) is 11.3 Å². The van der Waals surface area contributed by atoms with Crippen molar-refractivity contribution >= 4 is 11.5 Å². The summed E-state index contributed by atoms with van der Waals surface area (Å²) in [5, 5.41) is 8.90. The first-order chi connectivity index (χ1) is 7.74. The van der Waals surface area contributed by atoms with Gasteiger partial charge in [-0.15, -0.1) is 0 Å². The van der Waals surface area contributed by atoms with Gasteiger partial charge in [0.2, 0.25) is 0 Å². The fraction of sp³-hybridized carbons (Fsp3) is 0.500. The van der Waals surface area contributed by atoms with Crippen molar-refractivity contribution in [3.63, 3.8) is 0 Å². The lowest BCUT2D eigenvalue weighted by Crippen LogP contribution is -2.26. The van der Waals surface area contributed by atoms with Gasteiger partial charge in [-0.1, -0.05) is 13.3 Å². The van der Waals surface area contributed by atoms with Crippen LogP contribution in [0.5, 0.6) is 0 Å². The number of nitrogens with zero attached hydrogens (tertiary/aromatic N) is 3. The molecule has 0 atom stereocenters. The molecular weight excluding hydrogens is 200 g/mol. The Morgan fingerprint density at radius 3 is 2.81 bits per heavy atom. The van der Waals surface area contributed by atoms with Gasteiger partial charge in [0, 0.05) is 19.3 Å². The molecule has 0 spiro atoms. The summed E-state index contributed by atoms with van der Waals surface area (Å²) in [7, 11) is 0. The number of rotatable bonds is 5. The van der Waals surface area contributed by atoms with Gasteiger partial charge in [0.05, 0.1) is 11.3 Å². The van der Waals surface area contributed by atoms with Crippen LogP contribution in [0.2, 0.25) is 0 Å². The van der Waals surface area contributed by atoms with Crippen molar-refractivity contribution in [2.45, 2.75) is 26.7 Å². The Morgan fingerprint density at radius 1 is 1.50 bits per heavy atom. The van der Waals surface area contributed by atoms with E-state index in [2.05, 4.69) is 29.8 Å². The van der Waals surface area contributed by atoms with Crippen LogP contribution in [0.1, 0.15) is 32.3 Å². The lowest BCUT2D eigenvalue weighted by molar-refractivity contribution is 0.725. The summed E-state index contributed by atoms with van der Waals surface area (Å²) in [5.74, 6) is 0.731. The molecule has 0 saturated heterocycles. The van der Waals surface area contributed by atoms with E-state index in [4.69, 9.17) is 11.0 Å². The largest absolute Gasteiger partial charge is 0.395 e. The van der Waals surface area contributed by atoms with Crippen molar-refractivity contribution in [2.24, 2.45) is 0 Å². The van der Waals surface area contributed by atoms with E-state index in [9.17, 15) is 0 Å². The smallest absolute Gasteiger partial charge is 0.153 e. The lowest BCUT2D eigenvalue weighted by atomic mass is 10.2. The van der Waals surface area contributed by atoms with Crippen molar-refractivity contribution in [2.75, 3.05) is 23.7 Å². The van der Waals surface area contributed by atoms with Gasteiger partial charge in [-0.05, 0) is 19.4 Å². The predicted octanol–water partition coefficient (Wildman–Crippen LogP) is 2.16. The molecule has 0 aliphatic rings. The summed E-state index contributed by atoms with van der Waals surface area (Å²) in [5.41, 5.74) is 6.90. The molecule has 1 aromatic heterocycles. The highest BCUT2D eigenvalue weighted by molar-refractivity contribution is 5.69. The molecule has 0 saturated carbocycles. The molecule has 1 heterocycles. The third kappa shape index (κ3) is 2.63. The van der Waals surface area contributed by atoms with Crippen molar-refractivity contribution in [3.05, 3.63) is 17.8 Å². The van der Waals surface area contributed by atoms with Gasteiger partial charge < -0.3 is 10.6 Å². The highest BCUT2D eigenvalue weighted by atomic mass is 15.2. The van der Waals surface area contributed by atoms with E-state index in [0.717, 1.165) is 31.7 Å². The number of nitriles is 1. The van der Waals surface area contributed by atoms with E-state index < -0.39 is 0 Å². The maximum atomic E-state index is 8.90. The second-order valence-corrected chi connectivity index (χ2v) is 3.64. The molecule has 1 aromatic rings. The first-order valence-corrected chi connectivity index (χ1v) is 5.64. The van der Waals surface area contributed by atoms with Crippen LogP contribution in [0.15, 0.2) is 12.3 Å². The molecule has 0 aromatic carbocycles. The van der Waals surface area contributed by atoms with E-state index >= 15 is 0 Å². The number of hydrogen-bond donors (Lipinski definition) is 1. The number of nitrogen functional groups attached to an aromatic ring is 1. The molecule has 1 rings (SSSR count). The van der Waals surface area contributed by atoms with E-state index in [-0.39, 0.29) is 0 Å². The molecule has 0 bridgehead atoms. The number of pyridine rings is 1. The second kappa shape index (κ2) is 5.96. The Kier molecular flexibility index (Phi) is 4.59. The summed E-state index contributed by atoms with van der Waals surface area (Å²) < 4.78 is 0. The van der Waals surface area contributed by atoms with Gasteiger partial charge in [0.1, 0.15) is 6.07 Å². The highest BCUT2D eigenvalue weighted by Gasteiger charge is 2.11. The van der Waals surface area contributed by atoms with E-state index in [0.29, 0.717) is 11.3 Å². The molecule has 0 amide bonds. The number of aromatic nitrogens is 1. The van der Waals surface area contributed by atoms with Crippen LogP contribution in [-0.2, 0) is 0 Å². The summed E-state index contributed by atoms with van der Waals surface area (Å²) in [6.07, 6.45) is 3.87. The van der Waals surface area contributed by atoms with Crippen LogP contribution < -0.4 is 10.6 Å². The molecule has 2 N–H and O–H groups in total. The Hall–Kier alpha value is -1.76. The molecule has 86 valence electrons. The van der Waals surface area contributed by atoms with E-state index in [1.54, 1.807) is 12.3 Å². The topological polar surface area (TPSA) is 65.9 Å². The minimum Gasteiger partial charge on any atom is -0.395 e. The van der Waals surface area contributed by atoms with Gasteiger partial charge in [-0.2, -0.15) is 5.26 Å². The van der Waals surface area contributed by atoms with Crippen LogP contribution in [0.4, 0.5) is 11.5 Å². The molecule has 0 fully saturated rings. The highest BCUT2D eigenvalue weighted by Crippen LogP contribution is 2.23. The fourth-order valence-corrected chi connectivity index (χ4v) is 1.57. The molecule has 16 heavy (non-hydrogen) atoms. The normalized spacial score (nSPS) is 9.81. The second-order valence-electron chi connectivity index (χ2n) is 3.64. The van der Waals surface area contributed by atoms with Crippen LogP contribution in [0.3, 0.4) is 0 Å². The Labute approximate surface area is 96.7 Å². The fourth-order valence-electron chi connectivity index (χ4n) is 1.57. The number of anilines is 2. The van der Waals surface area contributed by atoms with Gasteiger partial charge in [-0.3, -0.25) is 0 Å². The number of hydrogen-bond acceptors (Lipinski definition) is 4. The molecule has 0 aliphatic heterocycles. The predicted molar refractivity (Wildman–Crippen MR) is 66.2 cm³/mol. The molecule has 0 aliphatic carbocycles. The van der Waals surface area contributed by atoms with E-state index in [1.807, 2.05) is 0 Å². The summed E-state index contributed by atoms with van der Waals surface area (Å²) in [4.78, 5) is 6.37. The summed E-state index contributed by atoms with van der Waals surface area (Å²) in [6, 6.07) is 3.72. The zero-order chi connectivity index (χ0) is 12.0. The zero-order valence-electron chi connectivity index (χ0n) is 9.90.